The van der Waals surface area contributed by atoms with Crippen LogP contribution in [0.2, 0.25) is 0 Å². The van der Waals surface area contributed by atoms with Crippen LogP contribution in [0.5, 0.6) is 0 Å². The summed E-state index contributed by atoms with van der Waals surface area (Å²) in [7, 11) is 0. The molecule has 0 atom stereocenters. The molecule has 0 aromatic carbocycles. The van der Waals surface area contributed by atoms with Gasteiger partial charge in [-0.05, 0) is 30.6 Å². The predicted octanol–water partition coefficient (Wildman–Crippen LogP) is 2.65. The Morgan fingerprint density at radius 2 is 2.14 bits per heavy atom. The van der Waals surface area contributed by atoms with E-state index in [1.54, 1.807) is 0 Å². The molecule has 1 aliphatic carbocycles. The zero-order valence-corrected chi connectivity index (χ0v) is 9.09. The lowest BCUT2D eigenvalue weighted by Crippen LogP contribution is -2.10. The number of rotatable bonds is 3. The summed E-state index contributed by atoms with van der Waals surface area (Å²) in [6.07, 6.45) is 7.87. The molecule has 0 bridgehead atoms. The maximum absolute atomic E-state index is 7.72. The Morgan fingerprint density at radius 3 is 2.71 bits per heavy atom. The summed E-state index contributed by atoms with van der Waals surface area (Å²) in [4.78, 5) is 0. The monoisotopic (exact) mass is 190 g/mol. The molecule has 0 saturated carbocycles. The highest BCUT2D eigenvalue weighted by Gasteiger charge is 2.08. The molecular weight excluding hydrogens is 172 g/mol. The summed E-state index contributed by atoms with van der Waals surface area (Å²) in [5.41, 5.74) is 2.83. The topological polar surface area (TPSA) is 35.9 Å². The van der Waals surface area contributed by atoms with E-state index in [9.17, 15) is 0 Å². The zero-order chi connectivity index (χ0) is 10.6. The third kappa shape index (κ3) is 2.59. The van der Waals surface area contributed by atoms with Crippen molar-refractivity contribution in [2.45, 2.75) is 20.8 Å². The van der Waals surface area contributed by atoms with E-state index >= 15 is 0 Å². The van der Waals surface area contributed by atoms with Crippen LogP contribution in [-0.2, 0) is 0 Å². The largest absolute Gasteiger partial charge is 0.391 e. The molecule has 2 N–H and O–H groups in total. The SMILES string of the molecule is CCN/C=C1/C=C(C(C)C)C=CC1=N. The Kier molecular flexibility index (Phi) is 3.69. The van der Waals surface area contributed by atoms with Crippen molar-refractivity contribution in [1.29, 1.82) is 5.41 Å². The Morgan fingerprint density at radius 1 is 1.43 bits per heavy atom. The average Bonchev–Trinajstić information content (AvgIpc) is 2.16. The quantitative estimate of drug-likeness (QED) is 0.705. The van der Waals surface area contributed by atoms with E-state index in [-0.39, 0.29) is 0 Å². The molecule has 14 heavy (non-hydrogen) atoms. The summed E-state index contributed by atoms with van der Waals surface area (Å²) >= 11 is 0. The minimum atomic E-state index is 0.518. The van der Waals surface area contributed by atoms with Gasteiger partial charge in [-0.1, -0.05) is 19.9 Å². The van der Waals surface area contributed by atoms with Gasteiger partial charge < -0.3 is 10.7 Å². The van der Waals surface area contributed by atoms with Crippen LogP contribution in [0.15, 0.2) is 35.6 Å². The van der Waals surface area contributed by atoms with Gasteiger partial charge in [0.05, 0.1) is 5.71 Å². The maximum atomic E-state index is 7.72. The van der Waals surface area contributed by atoms with Crippen LogP contribution in [0.3, 0.4) is 0 Å². The third-order valence-corrected chi connectivity index (χ3v) is 2.20. The Balaban J connectivity index is 2.85. The van der Waals surface area contributed by atoms with Crippen molar-refractivity contribution >= 4 is 5.71 Å². The van der Waals surface area contributed by atoms with Crippen molar-refractivity contribution in [3.05, 3.63) is 35.6 Å². The first-order valence-corrected chi connectivity index (χ1v) is 5.07. The number of hydrogen-bond acceptors (Lipinski definition) is 2. The molecule has 1 aliphatic rings. The van der Waals surface area contributed by atoms with Gasteiger partial charge >= 0.3 is 0 Å². The van der Waals surface area contributed by atoms with Crippen LogP contribution in [0.4, 0.5) is 0 Å². The summed E-state index contributed by atoms with van der Waals surface area (Å²) < 4.78 is 0. The Hall–Kier alpha value is -1.31. The second-order valence-corrected chi connectivity index (χ2v) is 3.70. The fraction of sp³-hybridized carbons (Fsp3) is 0.417. The molecule has 0 amide bonds. The fourth-order valence-electron chi connectivity index (χ4n) is 1.27. The van der Waals surface area contributed by atoms with Crippen LogP contribution in [-0.4, -0.2) is 12.3 Å². The van der Waals surface area contributed by atoms with Crippen LogP contribution >= 0.6 is 0 Å². The van der Waals surface area contributed by atoms with E-state index in [1.165, 1.54) is 5.57 Å². The normalized spacial score (nSPS) is 19.0. The molecule has 1 rings (SSSR count). The van der Waals surface area contributed by atoms with E-state index in [1.807, 2.05) is 25.3 Å². The van der Waals surface area contributed by atoms with Gasteiger partial charge in [0.2, 0.25) is 0 Å². The highest BCUT2D eigenvalue weighted by atomic mass is 14.8. The summed E-state index contributed by atoms with van der Waals surface area (Å²) in [5, 5.41) is 10.8. The molecule has 2 nitrogen and oxygen atoms in total. The van der Waals surface area contributed by atoms with Gasteiger partial charge in [-0.25, -0.2) is 0 Å². The molecule has 0 spiro atoms. The van der Waals surface area contributed by atoms with E-state index in [0.29, 0.717) is 11.6 Å². The summed E-state index contributed by atoms with van der Waals surface area (Å²) in [5.74, 6) is 0.518. The van der Waals surface area contributed by atoms with Crippen LogP contribution in [0.25, 0.3) is 0 Å². The first-order chi connectivity index (χ1) is 6.65. The number of nitrogens with one attached hydrogen (secondary N) is 2. The van der Waals surface area contributed by atoms with Crippen molar-refractivity contribution in [2.24, 2.45) is 5.92 Å². The third-order valence-electron chi connectivity index (χ3n) is 2.20. The van der Waals surface area contributed by atoms with Crippen molar-refractivity contribution < 1.29 is 0 Å². The van der Waals surface area contributed by atoms with E-state index in [4.69, 9.17) is 5.41 Å². The van der Waals surface area contributed by atoms with Gasteiger partial charge in [0.1, 0.15) is 0 Å². The molecular formula is C12H18N2. The maximum Gasteiger partial charge on any atom is 0.0626 e. The molecule has 76 valence electrons. The second-order valence-electron chi connectivity index (χ2n) is 3.70. The highest BCUT2D eigenvalue weighted by molar-refractivity contribution is 6.09. The minimum Gasteiger partial charge on any atom is -0.391 e. The number of allylic oxidation sites excluding steroid dienone is 5. The average molecular weight is 190 g/mol. The lowest BCUT2D eigenvalue weighted by atomic mass is 9.94. The molecule has 0 saturated heterocycles. The standard InChI is InChI=1S/C12H18N2/c1-4-14-8-11-7-10(9(2)3)5-6-12(11)13/h5-9,13-14H,4H2,1-3H3/b11-8-,13-12?. The molecule has 0 aromatic heterocycles. The molecule has 0 fully saturated rings. The first kappa shape index (κ1) is 10.8. The molecule has 0 unspecified atom stereocenters. The summed E-state index contributed by atoms with van der Waals surface area (Å²) in [6.45, 7) is 7.27. The predicted molar refractivity (Wildman–Crippen MR) is 61.5 cm³/mol. The number of hydrogen-bond donors (Lipinski definition) is 2. The second kappa shape index (κ2) is 4.80. The van der Waals surface area contributed by atoms with E-state index < -0.39 is 0 Å². The Labute approximate surface area is 85.9 Å². The van der Waals surface area contributed by atoms with Gasteiger partial charge in [0.15, 0.2) is 0 Å². The lowest BCUT2D eigenvalue weighted by molar-refractivity contribution is 0.790. The van der Waals surface area contributed by atoms with Crippen molar-refractivity contribution in [2.75, 3.05) is 6.54 Å². The first-order valence-electron chi connectivity index (χ1n) is 5.07. The molecule has 0 radical (unpaired) electrons. The van der Waals surface area contributed by atoms with E-state index in [2.05, 4.69) is 25.2 Å². The van der Waals surface area contributed by atoms with Gasteiger partial charge in [-0.15, -0.1) is 0 Å². The molecule has 0 heterocycles. The molecule has 0 aromatic rings. The smallest absolute Gasteiger partial charge is 0.0626 e. The zero-order valence-electron chi connectivity index (χ0n) is 9.09. The van der Waals surface area contributed by atoms with Crippen molar-refractivity contribution in [3.63, 3.8) is 0 Å². The van der Waals surface area contributed by atoms with Crippen LogP contribution in [0, 0.1) is 11.3 Å². The fourth-order valence-corrected chi connectivity index (χ4v) is 1.27. The van der Waals surface area contributed by atoms with Gasteiger partial charge in [0, 0.05) is 18.3 Å². The van der Waals surface area contributed by atoms with Gasteiger partial charge in [-0.3, -0.25) is 0 Å². The van der Waals surface area contributed by atoms with Crippen LogP contribution < -0.4 is 5.32 Å². The van der Waals surface area contributed by atoms with E-state index in [0.717, 1.165) is 12.1 Å². The Bertz CT molecular complexity index is 306. The lowest BCUT2D eigenvalue weighted by Gasteiger charge is -2.13. The molecule has 2 heteroatoms. The van der Waals surface area contributed by atoms with Gasteiger partial charge in [0.25, 0.3) is 0 Å². The van der Waals surface area contributed by atoms with Crippen LogP contribution in [0.1, 0.15) is 20.8 Å². The van der Waals surface area contributed by atoms with Crippen molar-refractivity contribution in [1.82, 2.24) is 5.32 Å². The van der Waals surface area contributed by atoms with Crippen molar-refractivity contribution in [3.8, 4) is 0 Å². The highest BCUT2D eigenvalue weighted by Crippen LogP contribution is 2.19. The molecule has 0 aliphatic heterocycles. The minimum absolute atomic E-state index is 0.518. The van der Waals surface area contributed by atoms with Gasteiger partial charge in [-0.2, -0.15) is 0 Å². The summed E-state index contributed by atoms with van der Waals surface area (Å²) in [6, 6.07) is 0.